The number of aromatic carboxylic acids is 1. The second-order valence-electron chi connectivity index (χ2n) is 6.06. The first-order chi connectivity index (χ1) is 13.1. The van der Waals surface area contributed by atoms with Crippen LogP contribution in [0.2, 0.25) is 5.02 Å². The molecule has 3 rings (SSSR count). The highest BCUT2D eigenvalue weighted by atomic mass is 35.5. The van der Waals surface area contributed by atoms with E-state index in [1.807, 2.05) is 0 Å². The number of aromatic nitrogens is 3. The largest absolute Gasteiger partial charge is 0.478 e. The van der Waals surface area contributed by atoms with Gasteiger partial charge in [0.1, 0.15) is 6.54 Å². The lowest BCUT2D eigenvalue weighted by molar-refractivity contribution is -0.140. The van der Waals surface area contributed by atoms with E-state index in [4.69, 9.17) is 17.3 Å². The number of halogens is 4. The summed E-state index contributed by atoms with van der Waals surface area (Å²) in [5.74, 6) is -1.52. The van der Waals surface area contributed by atoms with E-state index in [0.717, 1.165) is 10.6 Å². The molecule has 0 spiro atoms. The predicted octanol–water partition coefficient (Wildman–Crippen LogP) is 4.42. The topological polar surface area (TPSA) is 94.0 Å². The molecule has 3 aromatic rings. The van der Waals surface area contributed by atoms with Crippen molar-refractivity contribution in [2.75, 3.05) is 5.73 Å². The third kappa shape index (κ3) is 3.94. The van der Waals surface area contributed by atoms with Gasteiger partial charge in [-0.25, -0.2) is 14.8 Å². The van der Waals surface area contributed by atoms with Gasteiger partial charge >= 0.3 is 12.1 Å². The monoisotopic (exact) mass is 410 g/mol. The molecular formula is C18H14ClF3N4O2. The van der Waals surface area contributed by atoms with E-state index < -0.39 is 18.7 Å². The van der Waals surface area contributed by atoms with Crippen molar-refractivity contribution in [3.05, 3.63) is 52.7 Å². The smallest absolute Gasteiger partial charge is 0.406 e. The van der Waals surface area contributed by atoms with Crippen molar-refractivity contribution in [3.8, 4) is 22.6 Å². The number of aryl methyl sites for hydroxylation is 1. The number of hydrogen-bond donors (Lipinski definition) is 2. The highest BCUT2D eigenvalue weighted by Gasteiger charge is 2.33. The molecule has 146 valence electrons. The molecule has 0 bridgehead atoms. The first-order valence-corrected chi connectivity index (χ1v) is 8.33. The summed E-state index contributed by atoms with van der Waals surface area (Å²) in [4.78, 5) is 19.5. The summed E-state index contributed by atoms with van der Waals surface area (Å²) in [5.41, 5.74) is 6.01. The van der Waals surface area contributed by atoms with Crippen molar-refractivity contribution in [3.63, 3.8) is 0 Å². The maximum absolute atomic E-state index is 13.4. The average molecular weight is 411 g/mol. The molecule has 0 radical (unpaired) electrons. The van der Waals surface area contributed by atoms with E-state index in [0.29, 0.717) is 5.56 Å². The number of benzene rings is 1. The number of nitrogens with two attached hydrogens (primary N) is 1. The van der Waals surface area contributed by atoms with E-state index in [9.17, 15) is 23.1 Å². The Morgan fingerprint density at radius 2 is 2.00 bits per heavy atom. The van der Waals surface area contributed by atoms with Crippen LogP contribution in [0.3, 0.4) is 0 Å². The lowest BCUT2D eigenvalue weighted by Crippen LogP contribution is -2.20. The summed E-state index contributed by atoms with van der Waals surface area (Å²) < 4.78 is 40.9. The number of anilines is 1. The van der Waals surface area contributed by atoms with Crippen LogP contribution < -0.4 is 5.73 Å². The van der Waals surface area contributed by atoms with Gasteiger partial charge in [0.05, 0.1) is 22.6 Å². The molecule has 0 fully saturated rings. The third-order valence-electron chi connectivity index (χ3n) is 4.06. The van der Waals surface area contributed by atoms with Crippen LogP contribution in [0.15, 0.2) is 36.5 Å². The maximum atomic E-state index is 13.4. The molecule has 0 aliphatic rings. The Morgan fingerprint density at radius 1 is 1.29 bits per heavy atom. The second kappa shape index (κ2) is 7.16. The Hall–Kier alpha value is -3.07. The van der Waals surface area contributed by atoms with Crippen LogP contribution in [-0.4, -0.2) is 31.8 Å². The molecule has 2 aromatic heterocycles. The van der Waals surface area contributed by atoms with Gasteiger partial charge in [0.25, 0.3) is 0 Å². The second-order valence-corrected chi connectivity index (χ2v) is 6.49. The Labute approximate surface area is 162 Å². The standard InChI is InChI=1S/C18H14ClF3N4O2/c1-9-2-3-10(19)6-11(9)15-12(16(27)28)7-14(26(15)8-18(20,21)22)13-4-5-24-17(23)25-13/h2-7H,8H2,1H3,(H,27,28)(H2,23,24,25). The Balaban J connectivity index is 2.39. The molecule has 0 aliphatic heterocycles. The van der Waals surface area contributed by atoms with Gasteiger partial charge < -0.3 is 15.4 Å². The zero-order valence-electron chi connectivity index (χ0n) is 14.5. The van der Waals surface area contributed by atoms with Gasteiger partial charge in [0, 0.05) is 16.8 Å². The fraction of sp³-hybridized carbons (Fsp3) is 0.167. The lowest BCUT2D eigenvalue weighted by atomic mass is 10.0. The molecule has 0 amide bonds. The minimum absolute atomic E-state index is 0.0433. The zero-order valence-corrected chi connectivity index (χ0v) is 15.2. The number of nitrogen functional groups attached to an aromatic ring is 1. The minimum atomic E-state index is -4.61. The van der Waals surface area contributed by atoms with Gasteiger partial charge in [0.15, 0.2) is 0 Å². The van der Waals surface area contributed by atoms with Crippen LogP contribution in [0.1, 0.15) is 15.9 Å². The summed E-state index contributed by atoms with van der Waals surface area (Å²) >= 11 is 6.01. The normalized spacial score (nSPS) is 11.6. The summed E-state index contributed by atoms with van der Waals surface area (Å²) in [7, 11) is 0. The molecular weight excluding hydrogens is 397 g/mol. The van der Waals surface area contributed by atoms with Crippen molar-refractivity contribution in [2.45, 2.75) is 19.6 Å². The molecule has 0 saturated heterocycles. The Morgan fingerprint density at radius 3 is 2.61 bits per heavy atom. The lowest BCUT2D eigenvalue weighted by Gasteiger charge is -2.17. The quantitative estimate of drug-likeness (QED) is 0.664. The van der Waals surface area contributed by atoms with Crippen LogP contribution in [0.5, 0.6) is 0 Å². The van der Waals surface area contributed by atoms with E-state index >= 15 is 0 Å². The average Bonchev–Trinajstić information content (AvgIpc) is 2.94. The number of carboxylic acids is 1. The number of alkyl halides is 3. The maximum Gasteiger partial charge on any atom is 0.406 e. The summed E-state index contributed by atoms with van der Waals surface area (Å²) in [6.45, 7) is 0.241. The van der Waals surface area contributed by atoms with Crippen LogP contribution in [0, 0.1) is 6.92 Å². The van der Waals surface area contributed by atoms with Crippen molar-refractivity contribution in [2.24, 2.45) is 0 Å². The van der Waals surface area contributed by atoms with E-state index in [2.05, 4.69) is 9.97 Å². The zero-order chi connectivity index (χ0) is 20.6. The SMILES string of the molecule is Cc1ccc(Cl)cc1-c1c(C(=O)O)cc(-c2ccnc(N)n2)n1CC(F)(F)F. The van der Waals surface area contributed by atoms with Gasteiger partial charge in [-0.15, -0.1) is 0 Å². The first kappa shape index (κ1) is 19.7. The first-order valence-electron chi connectivity index (χ1n) is 7.96. The number of carbonyl (C=O) groups is 1. The van der Waals surface area contributed by atoms with Crippen LogP contribution in [0.25, 0.3) is 22.6 Å². The molecule has 0 aliphatic carbocycles. The molecule has 3 N–H and O–H groups in total. The van der Waals surface area contributed by atoms with Crippen LogP contribution >= 0.6 is 11.6 Å². The molecule has 0 atom stereocenters. The van der Waals surface area contributed by atoms with Gasteiger partial charge in [-0.3, -0.25) is 0 Å². The number of rotatable bonds is 4. The van der Waals surface area contributed by atoms with Crippen molar-refractivity contribution < 1.29 is 23.1 Å². The highest BCUT2D eigenvalue weighted by Crippen LogP contribution is 2.37. The van der Waals surface area contributed by atoms with Gasteiger partial charge in [-0.2, -0.15) is 13.2 Å². The summed E-state index contributed by atoms with van der Waals surface area (Å²) in [5, 5.41) is 9.91. The van der Waals surface area contributed by atoms with Crippen LogP contribution in [0.4, 0.5) is 19.1 Å². The van der Waals surface area contributed by atoms with E-state index in [1.54, 1.807) is 19.1 Å². The fourth-order valence-electron chi connectivity index (χ4n) is 2.92. The fourth-order valence-corrected chi connectivity index (χ4v) is 3.10. The van der Waals surface area contributed by atoms with E-state index in [1.165, 1.54) is 18.3 Å². The van der Waals surface area contributed by atoms with Gasteiger partial charge in [-0.1, -0.05) is 17.7 Å². The number of carboxylic acid groups (broad SMARTS) is 1. The minimum Gasteiger partial charge on any atom is -0.478 e. The summed E-state index contributed by atoms with van der Waals surface area (Å²) in [6, 6.07) is 7.12. The number of nitrogens with zero attached hydrogens (tertiary/aromatic N) is 3. The molecule has 1 aromatic carbocycles. The Bertz CT molecular complexity index is 1060. The molecule has 6 nitrogen and oxygen atoms in total. The Kier molecular flexibility index (Phi) is 5.03. The van der Waals surface area contributed by atoms with Crippen molar-refractivity contribution >= 4 is 23.5 Å². The molecule has 0 saturated carbocycles. The van der Waals surface area contributed by atoms with Gasteiger partial charge in [0.2, 0.25) is 5.95 Å². The van der Waals surface area contributed by atoms with Crippen molar-refractivity contribution in [1.29, 1.82) is 0 Å². The number of hydrogen-bond acceptors (Lipinski definition) is 4. The summed E-state index contributed by atoms with van der Waals surface area (Å²) in [6.07, 6.45) is -3.32. The highest BCUT2D eigenvalue weighted by molar-refractivity contribution is 6.31. The molecule has 28 heavy (non-hydrogen) atoms. The van der Waals surface area contributed by atoms with Crippen LogP contribution in [-0.2, 0) is 6.54 Å². The third-order valence-corrected chi connectivity index (χ3v) is 4.29. The molecule has 2 heterocycles. The molecule has 10 heteroatoms. The van der Waals surface area contributed by atoms with Gasteiger partial charge in [-0.05, 0) is 36.8 Å². The van der Waals surface area contributed by atoms with Crippen molar-refractivity contribution in [1.82, 2.24) is 14.5 Å². The van der Waals surface area contributed by atoms with E-state index in [-0.39, 0.29) is 39.2 Å². The predicted molar refractivity (Wildman–Crippen MR) is 98.1 cm³/mol. The molecule has 0 unspecified atom stereocenters.